The van der Waals surface area contributed by atoms with Crippen molar-refractivity contribution in [2.75, 3.05) is 24.3 Å². The number of halogens is 2. The molecule has 2 aromatic rings. The quantitative estimate of drug-likeness (QED) is 0.620. The Bertz CT molecular complexity index is 974. The van der Waals surface area contributed by atoms with Gasteiger partial charge in [0, 0.05) is 17.8 Å². The molecule has 3 N–H and O–H groups in total. The van der Waals surface area contributed by atoms with Crippen LogP contribution in [-0.4, -0.2) is 34.0 Å². The number of hydrogen-bond acceptors (Lipinski definition) is 5. The van der Waals surface area contributed by atoms with Gasteiger partial charge < -0.3 is 15.4 Å². The molecular weight excluding hydrogens is 392 g/mol. The molecule has 3 rings (SSSR count). The number of amides is 1. The second-order valence-electron chi connectivity index (χ2n) is 6.32. The first-order chi connectivity index (χ1) is 13.3. The fourth-order valence-electron chi connectivity index (χ4n) is 2.49. The van der Waals surface area contributed by atoms with Crippen molar-refractivity contribution >= 4 is 27.3 Å². The second kappa shape index (κ2) is 8.11. The molecule has 1 saturated carbocycles. The molecule has 0 aromatic heterocycles. The third-order valence-corrected chi connectivity index (χ3v) is 5.48. The standard InChI is InChI=1S/C18H19F2N3O4S/c1-27-17-5-4-15(28(25,26)23-13-2-3-13)9-16(17)21-10-18(24)22-14-7-11(19)6-12(20)8-14/h4-9,13,21,23H,2-3,10H2,1H3,(H,22,24). The Labute approximate surface area is 161 Å². The Hall–Kier alpha value is -2.72. The SMILES string of the molecule is COc1ccc(S(=O)(=O)NC2CC2)cc1NCC(=O)Nc1cc(F)cc(F)c1. The average molecular weight is 411 g/mol. The highest BCUT2D eigenvalue weighted by Crippen LogP contribution is 2.29. The molecule has 0 bridgehead atoms. The number of anilines is 2. The van der Waals surface area contributed by atoms with Gasteiger partial charge >= 0.3 is 0 Å². The van der Waals surface area contributed by atoms with Gasteiger partial charge in [-0.15, -0.1) is 0 Å². The van der Waals surface area contributed by atoms with E-state index in [2.05, 4.69) is 15.4 Å². The summed E-state index contributed by atoms with van der Waals surface area (Å²) in [4.78, 5) is 12.1. The Morgan fingerprint density at radius 1 is 1.14 bits per heavy atom. The van der Waals surface area contributed by atoms with E-state index in [1.54, 1.807) is 0 Å². The molecule has 1 fully saturated rings. The van der Waals surface area contributed by atoms with Crippen molar-refractivity contribution in [2.24, 2.45) is 0 Å². The third kappa shape index (κ3) is 5.17. The van der Waals surface area contributed by atoms with Crippen LogP contribution in [-0.2, 0) is 14.8 Å². The van der Waals surface area contributed by atoms with Crippen LogP contribution in [0.4, 0.5) is 20.2 Å². The number of nitrogens with one attached hydrogen (secondary N) is 3. The zero-order valence-corrected chi connectivity index (χ0v) is 15.8. The number of ether oxygens (including phenoxy) is 1. The molecule has 0 aliphatic heterocycles. The lowest BCUT2D eigenvalue weighted by Gasteiger charge is -2.14. The molecule has 150 valence electrons. The van der Waals surface area contributed by atoms with Gasteiger partial charge in [-0.25, -0.2) is 21.9 Å². The van der Waals surface area contributed by atoms with Gasteiger partial charge in [-0.05, 0) is 43.2 Å². The fourth-order valence-corrected chi connectivity index (χ4v) is 3.82. The van der Waals surface area contributed by atoms with E-state index in [1.807, 2.05) is 0 Å². The smallest absolute Gasteiger partial charge is 0.243 e. The van der Waals surface area contributed by atoms with Crippen LogP contribution in [0.1, 0.15) is 12.8 Å². The van der Waals surface area contributed by atoms with Crippen LogP contribution < -0.4 is 20.1 Å². The molecule has 0 spiro atoms. The molecule has 0 unspecified atom stereocenters. The van der Waals surface area contributed by atoms with E-state index in [1.165, 1.54) is 25.3 Å². The van der Waals surface area contributed by atoms with Crippen LogP contribution in [0.2, 0.25) is 0 Å². The van der Waals surface area contributed by atoms with Gasteiger partial charge in [-0.3, -0.25) is 4.79 Å². The molecular formula is C18H19F2N3O4S. The monoisotopic (exact) mass is 411 g/mol. The van der Waals surface area contributed by atoms with E-state index in [4.69, 9.17) is 4.74 Å². The van der Waals surface area contributed by atoms with Gasteiger partial charge in [-0.2, -0.15) is 0 Å². The van der Waals surface area contributed by atoms with Crippen molar-refractivity contribution in [2.45, 2.75) is 23.8 Å². The summed E-state index contributed by atoms with van der Waals surface area (Å²) in [7, 11) is -2.26. The maximum Gasteiger partial charge on any atom is 0.243 e. The van der Waals surface area contributed by atoms with Crippen LogP contribution in [0.15, 0.2) is 41.3 Å². The predicted molar refractivity (Wildman–Crippen MR) is 99.8 cm³/mol. The number of sulfonamides is 1. The highest BCUT2D eigenvalue weighted by atomic mass is 32.2. The third-order valence-electron chi connectivity index (χ3n) is 3.97. The van der Waals surface area contributed by atoms with Crippen LogP contribution in [0.3, 0.4) is 0 Å². The lowest BCUT2D eigenvalue weighted by Crippen LogP contribution is -2.26. The summed E-state index contributed by atoms with van der Waals surface area (Å²) in [5, 5.41) is 5.14. The van der Waals surface area contributed by atoms with Crippen LogP contribution >= 0.6 is 0 Å². The molecule has 7 nitrogen and oxygen atoms in total. The molecule has 0 heterocycles. The van der Waals surface area contributed by atoms with Crippen molar-refractivity contribution in [3.63, 3.8) is 0 Å². The first kappa shape index (κ1) is 20.0. The summed E-state index contributed by atoms with van der Waals surface area (Å²) in [6, 6.07) is 6.87. The Morgan fingerprint density at radius 3 is 2.43 bits per heavy atom. The molecule has 2 aromatic carbocycles. The molecule has 1 aliphatic carbocycles. The summed E-state index contributed by atoms with van der Waals surface area (Å²) in [6.07, 6.45) is 1.61. The minimum atomic E-state index is -3.67. The number of methoxy groups -OCH3 is 1. The largest absolute Gasteiger partial charge is 0.495 e. The van der Waals surface area contributed by atoms with Gasteiger partial charge in [0.1, 0.15) is 17.4 Å². The van der Waals surface area contributed by atoms with Crippen LogP contribution in [0.25, 0.3) is 0 Å². The molecule has 1 amide bonds. The van der Waals surface area contributed by atoms with E-state index < -0.39 is 27.6 Å². The second-order valence-corrected chi connectivity index (χ2v) is 8.03. The van der Waals surface area contributed by atoms with Crippen molar-refractivity contribution in [3.8, 4) is 5.75 Å². The Balaban J connectivity index is 1.70. The molecule has 0 atom stereocenters. The van der Waals surface area contributed by atoms with E-state index in [0.717, 1.165) is 25.0 Å². The van der Waals surface area contributed by atoms with E-state index in [-0.39, 0.29) is 23.2 Å². The highest BCUT2D eigenvalue weighted by Gasteiger charge is 2.28. The summed E-state index contributed by atoms with van der Waals surface area (Å²) in [5.41, 5.74) is 0.267. The van der Waals surface area contributed by atoms with Crippen molar-refractivity contribution in [3.05, 3.63) is 48.0 Å². The number of hydrogen-bond donors (Lipinski definition) is 3. The zero-order valence-electron chi connectivity index (χ0n) is 15.0. The predicted octanol–water partition coefficient (Wildman–Crippen LogP) is 2.46. The maximum atomic E-state index is 13.2. The summed E-state index contributed by atoms with van der Waals surface area (Å²) < 4.78 is 58.8. The van der Waals surface area contributed by atoms with Gasteiger partial charge in [0.2, 0.25) is 15.9 Å². The first-order valence-corrected chi connectivity index (χ1v) is 9.95. The van der Waals surface area contributed by atoms with Crippen molar-refractivity contribution in [1.29, 1.82) is 0 Å². The summed E-state index contributed by atoms with van der Waals surface area (Å²) in [5.74, 6) is -1.86. The number of benzene rings is 2. The van der Waals surface area contributed by atoms with E-state index >= 15 is 0 Å². The minimum Gasteiger partial charge on any atom is -0.495 e. The zero-order chi connectivity index (χ0) is 20.3. The maximum absolute atomic E-state index is 13.2. The molecule has 28 heavy (non-hydrogen) atoms. The van der Waals surface area contributed by atoms with Crippen LogP contribution in [0, 0.1) is 11.6 Å². The molecule has 10 heteroatoms. The van der Waals surface area contributed by atoms with Crippen molar-refractivity contribution < 1.29 is 26.7 Å². The summed E-state index contributed by atoms with van der Waals surface area (Å²) >= 11 is 0. The lowest BCUT2D eigenvalue weighted by atomic mass is 10.2. The minimum absolute atomic E-state index is 0.0266. The van der Waals surface area contributed by atoms with E-state index in [9.17, 15) is 22.0 Å². The normalized spacial score (nSPS) is 13.8. The summed E-state index contributed by atoms with van der Waals surface area (Å²) in [6.45, 7) is -0.270. The fraction of sp³-hybridized carbons (Fsp3) is 0.278. The van der Waals surface area contributed by atoms with Crippen molar-refractivity contribution in [1.82, 2.24) is 4.72 Å². The van der Waals surface area contributed by atoms with Gasteiger partial charge in [-0.1, -0.05) is 0 Å². The number of rotatable bonds is 8. The number of carbonyl (C=O) groups excluding carboxylic acids is 1. The first-order valence-electron chi connectivity index (χ1n) is 8.47. The number of carbonyl (C=O) groups is 1. The van der Waals surface area contributed by atoms with Crippen LogP contribution in [0.5, 0.6) is 5.75 Å². The van der Waals surface area contributed by atoms with Gasteiger partial charge in [0.05, 0.1) is 24.2 Å². The van der Waals surface area contributed by atoms with E-state index in [0.29, 0.717) is 17.5 Å². The lowest BCUT2D eigenvalue weighted by molar-refractivity contribution is -0.114. The average Bonchev–Trinajstić information content (AvgIpc) is 3.42. The topological polar surface area (TPSA) is 96.5 Å². The molecule has 0 radical (unpaired) electrons. The highest BCUT2D eigenvalue weighted by molar-refractivity contribution is 7.89. The van der Waals surface area contributed by atoms with Gasteiger partial charge in [0.25, 0.3) is 0 Å². The molecule has 1 aliphatic rings. The Kier molecular flexibility index (Phi) is 5.80. The molecule has 0 saturated heterocycles. The Morgan fingerprint density at radius 2 is 1.82 bits per heavy atom. The van der Waals surface area contributed by atoms with Gasteiger partial charge in [0.15, 0.2) is 0 Å².